The van der Waals surface area contributed by atoms with Crippen LogP contribution in [0.5, 0.6) is 0 Å². The zero-order valence-corrected chi connectivity index (χ0v) is 24.2. The molecule has 3 aromatic heterocycles. The summed E-state index contributed by atoms with van der Waals surface area (Å²) in [7, 11) is 0. The highest BCUT2D eigenvalue weighted by Crippen LogP contribution is 2.42. The van der Waals surface area contributed by atoms with Gasteiger partial charge in [-0.25, -0.2) is 32.5 Å². The minimum Gasteiger partial charge on any atom is -0.394 e. The minimum atomic E-state index is -1.67. The fourth-order valence-electron chi connectivity index (χ4n) is 5.33. The van der Waals surface area contributed by atoms with E-state index in [9.17, 15) is 43.8 Å². The van der Waals surface area contributed by atoms with Gasteiger partial charge >= 0.3 is 0 Å². The molecule has 5 unspecified atom stereocenters. The Kier molecular flexibility index (Phi) is 9.32. The van der Waals surface area contributed by atoms with Gasteiger partial charge in [-0.15, -0.1) is 10.2 Å². The summed E-state index contributed by atoms with van der Waals surface area (Å²) in [6, 6.07) is 0.454. The maximum absolute atomic E-state index is 13.8. The van der Waals surface area contributed by atoms with Crippen LogP contribution >= 0.6 is 11.8 Å². The molecule has 0 bridgehead atoms. The Balaban J connectivity index is 1.25. The average Bonchev–Trinajstić information content (AvgIpc) is 3.74. The molecule has 0 radical (unpaired) electrons. The molecule has 10 atom stereocenters. The lowest BCUT2D eigenvalue weighted by Crippen LogP contribution is -2.58. The van der Waals surface area contributed by atoms with Crippen LogP contribution < -0.4 is 0 Å². The SMILES string of the molecule is OCC1O[C@@H](SC2O[C@H](CO)C(O)C(n3cc(-c4ncccn4)nn3)[C@H]2O)C(O)[C@@H](n2cc(-c3cc(F)c(F)c(F)c3)nn2)[C@H]1O. The fraction of sp³-hybridized carbons (Fsp3) is 0.462. The summed E-state index contributed by atoms with van der Waals surface area (Å²) in [5, 5.41) is 80.2. The average molecular weight is 669 g/mol. The second-order valence-electron chi connectivity index (χ2n) is 10.5. The van der Waals surface area contributed by atoms with E-state index in [-0.39, 0.29) is 22.8 Å². The second kappa shape index (κ2) is 13.3. The summed E-state index contributed by atoms with van der Waals surface area (Å²) >= 11 is 0.731. The molecular formula is C26H27F3N8O8S. The molecule has 2 aliphatic rings. The van der Waals surface area contributed by atoms with Gasteiger partial charge in [0.25, 0.3) is 0 Å². The van der Waals surface area contributed by atoms with Crippen LogP contribution in [-0.4, -0.2) is 131 Å². The highest BCUT2D eigenvalue weighted by molar-refractivity contribution is 8.00. The number of aromatic nitrogens is 8. The molecule has 0 spiro atoms. The van der Waals surface area contributed by atoms with Crippen LogP contribution in [0.1, 0.15) is 12.1 Å². The van der Waals surface area contributed by atoms with E-state index in [0.29, 0.717) is 12.1 Å². The van der Waals surface area contributed by atoms with Crippen molar-refractivity contribution in [3.05, 3.63) is 60.4 Å². The van der Waals surface area contributed by atoms with Crippen LogP contribution in [0.25, 0.3) is 22.8 Å². The molecule has 6 rings (SSSR count). The fourth-order valence-corrected chi connectivity index (χ4v) is 6.65. The lowest BCUT2D eigenvalue weighted by atomic mass is 9.97. The van der Waals surface area contributed by atoms with E-state index in [2.05, 4.69) is 30.6 Å². The molecule has 16 nitrogen and oxygen atoms in total. The third-order valence-corrected chi connectivity index (χ3v) is 8.99. The van der Waals surface area contributed by atoms with Crippen LogP contribution in [0.15, 0.2) is 43.0 Å². The Morgan fingerprint density at radius 2 is 1.20 bits per heavy atom. The third-order valence-electron chi connectivity index (χ3n) is 7.67. The molecule has 4 aromatic rings. The van der Waals surface area contributed by atoms with E-state index < -0.39 is 90.2 Å². The van der Waals surface area contributed by atoms with Crippen LogP contribution in [0.4, 0.5) is 13.2 Å². The zero-order valence-electron chi connectivity index (χ0n) is 23.3. The summed E-state index contributed by atoms with van der Waals surface area (Å²) in [5.41, 5.74) is -2.65. The van der Waals surface area contributed by atoms with Gasteiger partial charge in [0.2, 0.25) is 0 Å². The van der Waals surface area contributed by atoms with Crippen molar-refractivity contribution in [3.63, 3.8) is 0 Å². The van der Waals surface area contributed by atoms with Crippen molar-refractivity contribution in [2.24, 2.45) is 0 Å². The molecule has 0 aliphatic carbocycles. The van der Waals surface area contributed by atoms with E-state index in [0.717, 1.165) is 22.6 Å². The minimum absolute atomic E-state index is 0.116. The number of halogens is 3. The molecular weight excluding hydrogens is 641 g/mol. The Bertz CT molecular complexity index is 1630. The van der Waals surface area contributed by atoms with Gasteiger partial charge in [0.05, 0.1) is 25.6 Å². The number of hydrogen-bond acceptors (Lipinski definition) is 15. The summed E-state index contributed by atoms with van der Waals surface area (Å²) in [6.07, 6.45) is -3.17. The molecule has 2 saturated heterocycles. The number of thioether (sulfide) groups is 1. The number of aliphatic hydroxyl groups is 6. The molecule has 0 amide bonds. The van der Waals surface area contributed by atoms with Gasteiger partial charge in [0, 0.05) is 18.0 Å². The summed E-state index contributed by atoms with van der Waals surface area (Å²) < 4.78 is 54.8. The Morgan fingerprint density at radius 1 is 0.717 bits per heavy atom. The normalized spacial score (nSPS) is 31.7. The van der Waals surface area contributed by atoms with Gasteiger partial charge in [-0.3, -0.25) is 0 Å². The second-order valence-corrected chi connectivity index (χ2v) is 11.7. The van der Waals surface area contributed by atoms with E-state index in [1.54, 1.807) is 6.07 Å². The first-order valence-corrected chi connectivity index (χ1v) is 14.7. The molecule has 6 N–H and O–H groups in total. The van der Waals surface area contributed by atoms with Crippen molar-refractivity contribution in [1.29, 1.82) is 0 Å². The van der Waals surface area contributed by atoms with Gasteiger partial charge < -0.3 is 40.1 Å². The first-order chi connectivity index (χ1) is 22.1. The monoisotopic (exact) mass is 668 g/mol. The number of ether oxygens (including phenoxy) is 2. The maximum atomic E-state index is 13.8. The quantitative estimate of drug-likeness (QED) is 0.121. The Morgan fingerprint density at radius 3 is 1.70 bits per heavy atom. The molecule has 0 saturated carbocycles. The molecule has 2 aliphatic heterocycles. The molecule has 246 valence electrons. The van der Waals surface area contributed by atoms with Crippen LogP contribution in [0, 0.1) is 17.5 Å². The Hall–Kier alpha value is -3.60. The summed E-state index contributed by atoms with van der Waals surface area (Å²) in [5.74, 6) is -4.35. The standard InChI is InChI=1S/C26H27F3N8O8S/c27-11-4-10(5-12(28)17(11)29)13-6-36(34-32-13)18-20(40)15(8-38)44-25(22(18)42)46-26-23(43)19(21(41)16(9-39)45-26)37-7-14(33-35-37)24-30-2-1-3-31-24/h1-7,15-16,18-23,25-26,38-43H,8-9H2/t15?,16-,18+,19?,20+,21?,22?,23-,25+,26?/m1/s1. The first-order valence-electron chi connectivity index (χ1n) is 13.8. The predicted octanol–water partition coefficient (Wildman–Crippen LogP) is -1.20. The van der Waals surface area contributed by atoms with Gasteiger partial charge in [-0.1, -0.05) is 22.2 Å². The highest BCUT2D eigenvalue weighted by Gasteiger charge is 2.51. The zero-order chi connectivity index (χ0) is 32.7. The van der Waals surface area contributed by atoms with E-state index in [1.165, 1.54) is 23.3 Å². The largest absolute Gasteiger partial charge is 0.394 e. The van der Waals surface area contributed by atoms with E-state index in [1.807, 2.05) is 0 Å². The highest BCUT2D eigenvalue weighted by atomic mass is 32.2. The number of aliphatic hydroxyl groups excluding tert-OH is 6. The number of benzene rings is 1. The van der Waals surface area contributed by atoms with E-state index >= 15 is 0 Å². The van der Waals surface area contributed by atoms with Crippen LogP contribution in [0.3, 0.4) is 0 Å². The first kappa shape index (κ1) is 32.3. The summed E-state index contributed by atoms with van der Waals surface area (Å²) in [6.45, 7) is -1.37. The lowest BCUT2D eigenvalue weighted by Gasteiger charge is -2.46. The summed E-state index contributed by atoms with van der Waals surface area (Å²) in [4.78, 5) is 8.19. The smallest absolute Gasteiger partial charge is 0.194 e. The predicted molar refractivity (Wildman–Crippen MR) is 148 cm³/mol. The molecule has 20 heteroatoms. The maximum Gasteiger partial charge on any atom is 0.194 e. The van der Waals surface area contributed by atoms with Gasteiger partial charge in [0.1, 0.15) is 71.0 Å². The van der Waals surface area contributed by atoms with Crippen molar-refractivity contribution in [3.8, 4) is 22.8 Å². The van der Waals surface area contributed by atoms with Crippen molar-refractivity contribution in [2.75, 3.05) is 13.2 Å². The van der Waals surface area contributed by atoms with Crippen molar-refractivity contribution in [1.82, 2.24) is 40.0 Å². The topological polar surface area (TPSA) is 227 Å². The Labute approximate surface area is 261 Å². The van der Waals surface area contributed by atoms with Gasteiger partial charge in [0.15, 0.2) is 23.3 Å². The third kappa shape index (κ3) is 5.98. The van der Waals surface area contributed by atoms with Gasteiger partial charge in [-0.05, 0) is 18.2 Å². The van der Waals surface area contributed by atoms with E-state index in [4.69, 9.17) is 9.47 Å². The van der Waals surface area contributed by atoms with Crippen LogP contribution in [-0.2, 0) is 9.47 Å². The molecule has 5 heterocycles. The van der Waals surface area contributed by atoms with Crippen LogP contribution in [0.2, 0.25) is 0 Å². The lowest BCUT2D eigenvalue weighted by molar-refractivity contribution is -0.189. The molecule has 46 heavy (non-hydrogen) atoms. The van der Waals surface area contributed by atoms with Crippen molar-refractivity contribution >= 4 is 11.8 Å². The molecule has 1 aromatic carbocycles. The van der Waals surface area contributed by atoms with Crippen molar-refractivity contribution < 1.29 is 53.3 Å². The van der Waals surface area contributed by atoms with Crippen molar-refractivity contribution in [2.45, 2.75) is 59.6 Å². The molecule has 2 fully saturated rings. The number of nitrogens with zero attached hydrogens (tertiary/aromatic N) is 8. The number of rotatable bonds is 8. The number of hydrogen-bond donors (Lipinski definition) is 6. The van der Waals surface area contributed by atoms with Gasteiger partial charge in [-0.2, -0.15) is 0 Å².